The third kappa shape index (κ3) is 5.18. The molecule has 1 aromatic carbocycles. The first-order valence-electron chi connectivity index (χ1n) is 9.73. The number of nitrogens with zero attached hydrogens (tertiary/aromatic N) is 2. The highest BCUT2D eigenvalue weighted by Crippen LogP contribution is 2.34. The molecular formula is C22H21N3O4S2. The lowest BCUT2D eigenvalue weighted by atomic mass is 10.2. The van der Waals surface area contributed by atoms with E-state index in [0.717, 1.165) is 4.88 Å². The van der Waals surface area contributed by atoms with Gasteiger partial charge in [0.25, 0.3) is 5.91 Å². The molecule has 1 aliphatic heterocycles. The van der Waals surface area contributed by atoms with E-state index >= 15 is 0 Å². The van der Waals surface area contributed by atoms with Crippen LogP contribution in [0.1, 0.15) is 22.2 Å². The van der Waals surface area contributed by atoms with E-state index in [1.807, 2.05) is 24.4 Å². The zero-order valence-electron chi connectivity index (χ0n) is 16.9. The van der Waals surface area contributed by atoms with Crippen molar-refractivity contribution in [2.75, 3.05) is 24.4 Å². The van der Waals surface area contributed by atoms with Crippen LogP contribution in [-0.4, -0.2) is 40.8 Å². The highest BCUT2D eigenvalue weighted by molar-refractivity contribution is 8.00. The Bertz CT molecular complexity index is 1070. The fraction of sp³-hybridized carbons (Fsp3) is 0.227. The van der Waals surface area contributed by atoms with Crippen molar-refractivity contribution in [2.24, 2.45) is 0 Å². The van der Waals surface area contributed by atoms with Crippen molar-refractivity contribution in [1.29, 1.82) is 0 Å². The number of rotatable bonds is 8. The highest BCUT2D eigenvalue weighted by Gasteiger charge is 2.20. The number of anilines is 1. The lowest BCUT2D eigenvalue weighted by Crippen LogP contribution is -2.30. The van der Waals surface area contributed by atoms with Gasteiger partial charge in [-0.2, -0.15) is 0 Å². The summed E-state index contributed by atoms with van der Waals surface area (Å²) in [5.74, 6) is 1.10. The maximum atomic E-state index is 13.1. The van der Waals surface area contributed by atoms with Crippen LogP contribution in [-0.2, 0) is 11.3 Å². The van der Waals surface area contributed by atoms with Crippen molar-refractivity contribution >= 4 is 40.6 Å². The molecule has 2 amide bonds. The summed E-state index contributed by atoms with van der Waals surface area (Å²) in [4.78, 5) is 32.8. The predicted octanol–water partition coefficient (Wildman–Crippen LogP) is 4.26. The molecule has 7 nitrogen and oxygen atoms in total. The first kappa shape index (κ1) is 21.2. The van der Waals surface area contributed by atoms with Gasteiger partial charge in [0.1, 0.15) is 5.03 Å². The summed E-state index contributed by atoms with van der Waals surface area (Å²) in [5, 5.41) is 5.37. The zero-order valence-corrected chi connectivity index (χ0v) is 18.5. The molecular weight excluding hydrogens is 434 g/mol. The number of nitrogens with one attached hydrogen (secondary N) is 1. The maximum Gasteiger partial charge on any atom is 0.256 e. The van der Waals surface area contributed by atoms with Gasteiger partial charge < -0.3 is 19.7 Å². The van der Waals surface area contributed by atoms with Gasteiger partial charge in [0.15, 0.2) is 11.5 Å². The fourth-order valence-corrected chi connectivity index (χ4v) is 4.57. The number of amides is 2. The van der Waals surface area contributed by atoms with Crippen molar-refractivity contribution in [2.45, 2.75) is 18.5 Å². The first-order chi connectivity index (χ1) is 15.1. The number of thiophene rings is 1. The number of aromatic nitrogens is 1. The minimum absolute atomic E-state index is 0.0947. The van der Waals surface area contributed by atoms with Crippen LogP contribution >= 0.6 is 23.1 Å². The Morgan fingerprint density at radius 1 is 1.19 bits per heavy atom. The van der Waals surface area contributed by atoms with Gasteiger partial charge in [-0.25, -0.2) is 4.98 Å². The molecule has 0 saturated carbocycles. The standard InChI is InChI=1S/C22H21N3O4S2/c1-2-25(12-16-5-4-10-30-16)22(27)17-6-3-9-23-21(17)31-13-20(26)24-15-7-8-18-19(11-15)29-14-28-18/h3-11H,2,12-14H2,1H3,(H,24,26). The Balaban J connectivity index is 1.40. The van der Waals surface area contributed by atoms with Crippen molar-refractivity contribution in [3.63, 3.8) is 0 Å². The summed E-state index contributed by atoms with van der Waals surface area (Å²) in [5.41, 5.74) is 1.13. The average Bonchev–Trinajstić information content (AvgIpc) is 3.47. The van der Waals surface area contributed by atoms with Crippen LogP contribution in [0.4, 0.5) is 5.69 Å². The van der Waals surface area contributed by atoms with E-state index in [0.29, 0.717) is 40.9 Å². The molecule has 2 aromatic heterocycles. The molecule has 0 bridgehead atoms. The Morgan fingerprint density at radius 3 is 2.87 bits per heavy atom. The van der Waals surface area contributed by atoms with Gasteiger partial charge in [-0.15, -0.1) is 11.3 Å². The molecule has 1 N–H and O–H groups in total. The molecule has 31 heavy (non-hydrogen) atoms. The van der Waals surface area contributed by atoms with E-state index in [1.54, 1.807) is 52.8 Å². The predicted molar refractivity (Wildman–Crippen MR) is 121 cm³/mol. The van der Waals surface area contributed by atoms with Gasteiger partial charge in [-0.1, -0.05) is 17.8 Å². The summed E-state index contributed by atoms with van der Waals surface area (Å²) in [7, 11) is 0. The summed E-state index contributed by atoms with van der Waals surface area (Å²) in [6, 6.07) is 12.7. The van der Waals surface area contributed by atoms with Gasteiger partial charge in [0.2, 0.25) is 12.7 Å². The van der Waals surface area contributed by atoms with Gasteiger partial charge in [-0.05, 0) is 42.6 Å². The molecule has 0 fully saturated rings. The molecule has 4 rings (SSSR count). The van der Waals surface area contributed by atoms with E-state index in [1.165, 1.54) is 11.8 Å². The molecule has 9 heteroatoms. The third-order valence-electron chi connectivity index (χ3n) is 4.59. The van der Waals surface area contributed by atoms with Crippen LogP contribution in [0, 0.1) is 0 Å². The van der Waals surface area contributed by atoms with Crippen LogP contribution in [0.15, 0.2) is 59.1 Å². The molecule has 0 unspecified atom stereocenters. The highest BCUT2D eigenvalue weighted by atomic mass is 32.2. The Kier molecular flexibility index (Phi) is 6.73. The van der Waals surface area contributed by atoms with E-state index in [9.17, 15) is 9.59 Å². The molecule has 160 valence electrons. The molecule has 1 aliphatic rings. The smallest absolute Gasteiger partial charge is 0.256 e. The largest absolute Gasteiger partial charge is 0.454 e. The average molecular weight is 456 g/mol. The van der Waals surface area contributed by atoms with E-state index < -0.39 is 0 Å². The summed E-state index contributed by atoms with van der Waals surface area (Å²) in [6.45, 7) is 3.27. The monoisotopic (exact) mass is 455 g/mol. The summed E-state index contributed by atoms with van der Waals surface area (Å²) < 4.78 is 10.6. The molecule has 0 spiro atoms. The van der Waals surface area contributed by atoms with Crippen molar-refractivity contribution in [1.82, 2.24) is 9.88 Å². The maximum absolute atomic E-state index is 13.1. The molecule has 3 heterocycles. The number of thioether (sulfide) groups is 1. The molecule has 0 atom stereocenters. The molecule has 0 saturated heterocycles. The number of carbonyl (C=O) groups is 2. The number of hydrogen-bond donors (Lipinski definition) is 1. The Hall–Kier alpha value is -3.04. The van der Waals surface area contributed by atoms with Crippen molar-refractivity contribution in [3.8, 4) is 11.5 Å². The third-order valence-corrected chi connectivity index (χ3v) is 6.46. The summed E-state index contributed by atoms with van der Waals surface area (Å²) in [6.07, 6.45) is 1.63. The second-order valence-corrected chi connectivity index (χ2v) is 8.66. The minimum Gasteiger partial charge on any atom is -0.454 e. The molecule has 0 aliphatic carbocycles. The number of carbonyl (C=O) groups excluding carboxylic acids is 2. The van der Waals surface area contributed by atoms with Gasteiger partial charge in [-0.3, -0.25) is 9.59 Å². The van der Waals surface area contributed by atoms with Crippen LogP contribution < -0.4 is 14.8 Å². The zero-order chi connectivity index (χ0) is 21.6. The molecule has 3 aromatic rings. The van der Waals surface area contributed by atoms with Crippen LogP contribution in [0.5, 0.6) is 11.5 Å². The fourth-order valence-electron chi connectivity index (χ4n) is 3.06. The Morgan fingerprint density at radius 2 is 2.06 bits per heavy atom. The number of ether oxygens (including phenoxy) is 2. The van der Waals surface area contributed by atoms with E-state index in [2.05, 4.69) is 10.3 Å². The van der Waals surface area contributed by atoms with Gasteiger partial charge in [0, 0.05) is 29.4 Å². The lowest BCUT2D eigenvalue weighted by Gasteiger charge is -2.21. The van der Waals surface area contributed by atoms with Crippen LogP contribution in [0.25, 0.3) is 0 Å². The summed E-state index contributed by atoms with van der Waals surface area (Å²) >= 11 is 2.86. The minimum atomic E-state index is -0.196. The second kappa shape index (κ2) is 9.84. The lowest BCUT2D eigenvalue weighted by molar-refractivity contribution is -0.113. The number of pyridine rings is 1. The number of benzene rings is 1. The SMILES string of the molecule is CCN(Cc1cccs1)C(=O)c1cccnc1SCC(=O)Nc1ccc2c(c1)OCO2. The normalized spacial score (nSPS) is 11.9. The second-order valence-electron chi connectivity index (χ2n) is 6.66. The van der Waals surface area contributed by atoms with E-state index in [-0.39, 0.29) is 24.4 Å². The van der Waals surface area contributed by atoms with Gasteiger partial charge in [0.05, 0.1) is 17.9 Å². The van der Waals surface area contributed by atoms with Crippen molar-refractivity contribution in [3.05, 3.63) is 64.5 Å². The van der Waals surface area contributed by atoms with E-state index in [4.69, 9.17) is 9.47 Å². The topological polar surface area (TPSA) is 80.8 Å². The van der Waals surface area contributed by atoms with Crippen LogP contribution in [0.2, 0.25) is 0 Å². The first-order valence-corrected chi connectivity index (χ1v) is 11.6. The van der Waals surface area contributed by atoms with Crippen molar-refractivity contribution < 1.29 is 19.1 Å². The number of fused-ring (bicyclic) bond motifs is 1. The number of hydrogen-bond acceptors (Lipinski definition) is 7. The van der Waals surface area contributed by atoms with Gasteiger partial charge >= 0.3 is 0 Å². The van der Waals surface area contributed by atoms with Crippen LogP contribution in [0.3, 0.4) is 0 Å². The quantitative estimate of drug-likeness (QED) is 0.511. The molecule has 0 radical (unpaired) electrons. The Labute approximate surface area is 188 Å².